The third-order valence-corrected chi connectivity index (χ3v) is 13.6. The van der Waals surface area contributed by atoms with E-state index >= 15 is 0 Å². The molecule has 25 nitrogen and oxygen atoms in total. The molecule has 0 radical (unpaired) electrons. The van der Waals surface area contributed by atoms with E-state index in [0.29, 0.717) is 25.1 Å². The lowest BCUT2D eigenvalue weighted by atomic mass is 9.72. The lowest BCUT2D eigenvalue weighted by Gasteiger charge is -2.52. The molecule has 79 heavy (non-hydrogen) atoms. The number of ether oxygens (including phenoxy) is 8. The van der Waals surface area contributed by atoms with E-state index in [2.05, 4.69) is 26.6 Å². The van der Waals surface area contributed by atoms with Crippen molar-refractivity contribution in [2.24, 2.45) is 17.8 Å². The number of aliphatic hydroxyl groups excluding tert-OH is 3. The van der Waals surface area contributed by atoms with E-state index in [9.17, 15) is 49.2 Å². The summed E-state index contributed by atoms with van der Waals surface area (Å²) in [7, 11) is 1.33. The number of likely N-dealkylation sites (N-methyl/N-ethyl adjacent to an activating group) is 1. The molecule has 2 saturated heterocycles. The van der Waals surface area contributed by atoms with Crippen LogP contribution in [0.3, 0.4) is 0 Å². The SMILES string of the molecule is CN(C(=O)OC(C)(C)C)[C@@H]1[C@@H](O)[C@@H](O[C@H]2[C@H](NC(=O)C(O)C3CN(C(=O)OC(C)(C)C)C3)C[C@H](NC(=O)OC(C)(C)C)C([C@H]3OC(CNC[C@H]4C[C@H](NC(=O)OC(C)(C)C)C4)=CC[C@H]3NC(=O)OC(C)(C)C)[C@@H]2O)OC[C@]1(C)O. The molecule has 2 saturated carbocycles. The molecule has 0 aromatic carbocycles. The Kier molecular flexibility index (Phi) is 20.6. The van der Waals surface area contributed by atoms with Crippen LogP contribution in [0.1, 0.15) is 136 Å². The Morgan fingerprint density at radius 1 is 0.722 bits per heavy atom. The average molecular weight is 1130 g/mol. The Balaban J connectivity index is 1.50. The van der Waals surface area contributed by atoms with Crippen LogP contribution in [-0.4, -0.2) is 207 Å². The van der Waals surface area contributed by atoms with Gasteiger partial charge in [0.15, 0.2) is 6.29 Å². The lowest BCUT2D eigenvalue weighted by Crippen LogP contribution is -2.71. The zero-order valence-electron chi connectivity index (χ0n) is 49.4. The predicted molar refractivity (Wildman–Crippen MR) is 285 cm³/mol. The summed E-state index contributed by atoms with van der Waals surface area (Å²) in [6.45, 7) is 27.1. The molecular weight excluding hydrogens is 1030 g/mol. The van der Waals surface area contributed by atoms with Crippen LogP contribution in [0.25, 0.3) is 0 Å². The first-order valence-electron chi connectivity index (χ1n) is 27.4. The van der Waals surface area contributed by atoms with E-state index in [1.807, 2.05) is 0 Å². The van der Waals surface area contributed by atoms with Crippen molar-refractivity contribution in [3.8, 4) is 0 Å². The van der Waals surface area contributed by atoms with Crippen LogP contribution in [-0.2, 0) is 42.7 Å². The summed E-state index contributed by atoms with van der Waals surface area (Å²) in [5.74, 6) is -2.25. The van der Waals surface area contributed by atoms with Gasteiger partial charge in [-0.2, -0.15) is 0 Å². The Hall–Kier alpha value is -4.92. The summed E-state index contributed by atoms with van der Waals surface area (Å²) in [6, 6.07) is -4.89. The maximum absolute atomic E-state index is 14.3. The van der Waals surface area contributed by atoms with E-state index in [-0.39, 0.29) is 44.4 Å². The molecule has 0 aromatic heterocycles. The van der Waals surface area contributed by atoms with Gasteiger partial charge in [0.1, 0.15) is 63.8 Å². The monoisotopic (exact) mass is 1130 g/mol. The van der Waals surface area contributed by atoms with Gasteiger partial charge in [0.05, 0.1) is 37.4 Å². The molecule has 452 valence electrons. The van der Waals surface area contributed by atoms with Crippen molar-refractivity contribution in [3.63, 3.8) is 0 Å². The summed E-state index contributed by atoms with van der Waals surface area (Å²) in [5, 5.41) is 63.2. The number of nitrogens with one attached hydrogen (secondary N) is 5. The molecule has 3 aliphatic heterocycles. The number of alkyl carbamates (subject to hydrolysis) is 3. The van der Waals surface area contributed by atoms with Gasteiger partial charge in [-0.1, -0.05) is 0 Å². The quantitative estimate of drug-likeness (QED) is 0.112. The van der Waals surface area contributed by atoms with Crippen LogP contribution in [0.2, 0.25) is 0 Å². The second-order valence-electron chi connectivity index (χ2n) is 27.0. The van der Waals surface area contributed by atoms with Crippen LogP contribution in [0.5, 0.6) is 0 Å². The normalized spacial score (nSPS) is 31.1. The number of carbonyl (C=O) groups is 6. The fourth-order valence-corrected chi connectivity index (χ4v) is 10.3. The maximum atomic E-state index is 14.3. The highest BCUT2D eigenvalue weighted by Crippen LogP contribution is 2.39. The predicted octanol–water partition coefficient (Wildman–Crippen LogP) is 3.52. The molecule has 5 aliphatic rings. The number of hydrogen-bond donors (Lipinski definition) is 9. The van der Waals surface area contributed by atoms with Crippen molar-refractivity contribution in [2.45, 2.75) is 237 Å². The van der Waals surface area contributed by atoms with Crippen molar-refractivity contribution in [1.29, 1.82) is 0 Å². The molecule has 5 rings (SSSR count). The van der Waals surface area contributed by atoms with Crippen molar-refractivity contribution in [3.05, 3.63) is 11.8 Å². The van der Waals surface area contributed by atoms with Crippen molar-refractivity contribution < 1.29 is 87.1 Å². The standard InChI is InChI=1S/C54H93N7O18/c1-49(2,3)75-44(66)56-30-20-28(21-30)23-55-24-31-18-19-32(58-45(67)76-50(4,5)6)39(73-31)35-33(59-46(68)77-51(7,8)9)22-34(57-42(65)36(62)29-25-61(26-29)48(70)79-53(13,14)15)40(37(35)63)74-43-38(64)41(54(16,71)27-72-43)60(17)47(69)78-52(10,11)12/h18,28-30,32-41,43,55,62-64,71H,19-27H2,1-17H3,(H,56,66)(H,57,65)(H,58,67)(H,59,68)/t28-,30-,32-,33+,34-,35?,36?,37+,38-,39+,40+,41-,43-,54+/m1/s1. The van der Waals surface area contributed by atoms with E-state index in [1.165, 1.54) is 18.9 Å². The molecule has 12 atom stereocenters. The van der Waals surface area contributed by atoms with Crippen molar-refractivity contribution >= 4 is 36.4 Å². The number of amides is 6. The molecule has 3 heterocycles. The first-order valence-corrected chi connectivity index (χ1v) is 27.4. The average Bonchev–Trinajstić information content (AvgIpc) is 3.21. The van der Waals surface area contributed by atoms with Crippen LogP contribution < -0.4 is 26.6 Å². The van der Waals surface area contributed by atoms with Crippen LogP contribution in [0, 0.1) is 17.8 Å². The minimum absolute atomic E-state index is 0.0154. The Morgan fingerprint density at radius 2 is 1.24 bits per heavy atom. The molecule has 6 amide bonds. The van der Waals surface area contributed by atoms with E-state index in [4.69, 9.17) is 37.9 Å². The molecule has 0 aromatic rings. The second kappa shape index (κ2) is 25.1. The minimum Gasteiger partial charge on any atom is -0.491 e. The molecule has 9 N–H and O–H groups in total. The fraction of sp³-hybridized carbons (Fsp3) is 0.852. The number of rotatable bonds is 14. The minimum atomic E-state index is -1.88. The molecule has 2 unspecified atom stereocenters. The van der Waals surface area contributed by atoms with Crippen molar-refractivity contribution in [1.82, 2.24) is 36.4 Å². The molecular formula is C54H93N7O18. The number of nitrogens with zero attached hydrogens (tertiary/aromatic N) is 2. The zero-order chi connectivity index (χ0) is 59.5. The third-order valence-electron chi connectivity index (χ3n) is 13.6. The van der Waals surface area contributed by atoms with Gasteiger partial charge in [0.25, 0.3) is 0 Å². The van der Waals surface area contributed by atoms with E-state index < -0.39 is 149 Å². The molecule has 4 fully saturated rings. The van der Waals surface area contributed by atoms with Gasteiger partial charge in [-0.25, -0.2) is 24.0 Å². The highest BCUT2D eigenvalue weighted by atomic mass is 16.7. The smallest absolute Gasteiger partial charge is 0.410 e. The first kappa shape index (κ1) is 64.9. The fourth-order valence-electron chi connectivity index (χ4n) is 10.3. The third kappa shape index (κ3) is 19.1. The summed E-state index contributed by atoms with van der Waals surface area (Å²) in [4.78, 5) is 82.8. The summed E-state index contributed by atoms with van der Waals surface area (Å²) < 4.78 is 47.2. The van der Waals surface area contributed by atoms with Crippen LogP contribution in [0.4, 0.5) is 24.0 Å². The van der Waals surface area contributed by atoms with Gasteiger partial charge in [0.2, 0.25) is 5.91 Å². The van der Waals surface area contributed by atoms with Gasteiger partial charge in [0, 0.05) is 44.1 Å². The van der Waals surface area contributed by atoms with Gasteiger partial charge in [-0.3, -0.25) is 4.79 Å². The topological polar surface area (TPSA) is 324 Å². The Labute approximate surface area is 465 Å². The lowest BCUT2D eigenvalue weighted by molar-refractivity contribution is -0.306. The Morgan fingerprint density at radius 3 is 1.77 bits per heavy atom. The molecule has 2 aliphatic carbocycles. The first-order chi connectivity index (χ1) is 36.1. The van der Waals surface area contributed by atoms with Gasteiger partial charge in [-0.15, -0.1) is 0 Å². The van der Waals surface area contributed by atoms with Gasteiger partial charge in [-0.05, 0) is 155 Å². The number of likely N-dealkylation sites (tertiary alicyclic amines) is 1. The maximum Gasteiger partial charge on any atom is 0.410 e. The molecule has 0 spiro atoms. The molecule has 0 bridgehead atoms. The largest absolute Gasteiger partial charge is 0.491 e. The van der Waals surface area contributed by atoms with Crippen LogP contribution in [0.15, 0.2) is 11.8 Å². The zero-order valence-corrected chi connectivity index (χ0v) is 49.4. The van der Waals surface area contributed by atoms with Crippen molar-refractivity contribution in [2.75, 3.05) is 39.8 Å². The second-order valence-corrected chi connectivity index (χ2v) is 27.0. The highest BCUT2D eigenvalue weighted by molar-refractivity contribution is 5.82. The highest BCUT2D eigenvalue weighted by Gasteiger charge is 2.57. The molecule has 25 heteroatoms. The number of hydrogen-bond acceptors (Lipinski definition) is 19. The summed E-state index contributed by atoms with van der Waals surface area (Å²) in [6.07, 6.45) is -10.4. The summed E-state index contributed by atoms with van der Waals surface area (Å²) >= 11 is 0. The van der Waals surface area contributed by atoms with Crippen LogP contribution >= 0.6 is 0 Å². The van der Waals surface area contributed by atoms with E-state index in [1.54, 1.807) is 110 Å². The number of carbonyl (C=O) groups excluding carboxylic acids is 6. The Bertz CT molecular complexity index is 2170. The van der Waals surface area contributed by atoms with E-state index in [0.717, 1.165) is 4.90 Å². The number of aliphatic hydroxyl groups is 4. The summed E-state index contributed by atoms with van der Waals surface area (Å²) in [5.41, 5.74) is -6.18. The van der Waals surface area contributed by atoms with Gasteiger partial charge < -0.3 is 94.7 Å². The van der Waals surface area contributed by atoms with Gasteiger partial charge >= 0.3 is 30.5 Å².